The maximum absolute atomic E-state index is 12.4. The van der Waals surface area contributed by atoms with Crippen molar-refractivity contribution in [1.29, 1.82) is 0 Å². The highest BCUT2D eigenvalue weighted by atomic mass is 79.9. The molecule has 1 unspecified atom stereocenters. The summed E-state index contributed by atoms with van der Waals surface area (Å²) in [5.41, 5.74) is 1.23. The molecule has 1 amide bonds. The summed E-state index contributed by atoms with van der Waals surface area (Å²) >= 11 is 4.90. The summed E-state index contributed by atoms with van der Waals surface area (Å²) in [4.78, 5) is 14.3. The number of furan rings is 1. The normalized spacial score (nSPS) is 19.4. The minimum Gasteiger partial charge on any atom is -0.444 e. The van der Waals surface area contributed by atoms with Crippen LogP contribution in [0.25, 0.3) is 0 Å². The Morgan fingerprint density at radius 2 is 2.33 bits per heavy atom. The van der Waals surface area contributed by atoms with Crippen LogP contribution >= 0.6 is 27.3 Å². The van der Waals surface area contributed by atoms with Gasteiger partial charge >= 0.3 is 0 Å². The summed E-state index contributed by atoms with van der Waals surface area (Å²) in [5.74, 6) is 0.387. The minimum absolute atomic E-state index is 0.0191. The molecule has 2 aromatic rings. The minimum atomic E-state index is -0.0191. The molecule has 0 radical (unpaired) electrons. The van der Waals surface area contributed by atoms with E-state index in [1.165, 1.54) is 5.56 Å². The van der Waals surface area contributed by atoms with E-state index < -0.39 is 0 Å². The number of hydrogen-bond acceptors (Lipinski definition) is 3. The molecule has 1 saturated heterocycles. The third-order valence-corrected chi connectivity index (χ3v) is 4.35. The van der Waals surface area contributed by atoms with Gasteiger partial charge in [0.2, 0.25) is 0 Å². The predicted octanol–water partition coefficient (Wildman–Crippen LogP) is 4.08. The number of thiophene rings is 1. The largest absolute Gasteiger partial charge is 0.444 e. The Hall–Kier alpha value is -1.07. The van der Waals surface area contributed by atoms with Crippen LogP contribution in [0.5, 0.6) is 0 Å². The number of rotatable bonds is 2. The quantitative estimate of drug-likeness (QED) is 0.833. The first-order chi connectivity index (χ1) is 8.75. The molecule has 1 atom stereocenters. The lowest BCUT2D eigenvalue weighted by Gasteiger charge is -2.23. The van der Waals surface area contributed by atoms with Crippen LogP contribution < -0.4 is 0 Å². The zero-order valence-corrected chi connectivity index (χ0v) is 12.0. The molecule has 3 nitrogen and oxygen atoms in total. The first-order valence-electron chi connectivity index (χ1n) is 5.84. The maximum Gasteiger partial charge on any atom is 0.290 e. The number of amides is 1. The second-order valence-electron chi connectivity index (χ2n) is 4.32. The van der Waals surface area contributed by atoms with Crippen molar-refractivity contribution in [2.24, 2.45) is 0 Å². The van der Waals surface area contributed by atoms with Crippen LogP contribution in [0.15, 0.2) is 38.0 Å². The van der Waals surface area contributed by atoms with E-state index in [0.29, 0.717) is 10.4 Å². The maximum atomic E-state index is 12.4. The third-order valence-electron chi connectivity index (χ3n) is 3.23. The summed E-state index contributed by atoms with van der Waals surface area (Å²) in [6.07, 6.45) is 2.08. The smallest absolute Gasteiger partial charge is 0.290 e. The molecule has 2 aromatic heterocycles. The Bertz CT molecular complexity index is 549. The fourth-order valence-corrected chi connectivity index (χ4v) is 3.41. The van der Waals surface area contributed by atoms with Crippen molar-refractivity contribution in [3.63, 3.8) is 0 Å². The van der Waals surface area contributed by atoms with E-state index in [0.717, 1.165) is 19.4 Å². The van der Waals surface area contributed by atoms with Gasteiger partial charge in [-0.25, -0.2) is 0 Å². The van der Waals surface area contributed by atoms with Crippen molar-refractivity contribution in [1.82, 2.24) is 4.90 Å². The highest BCUT2D eigenvalue weighted by Crippen LogP contribution is 2.34. The number of carbonyl (C=O) groups excluding carboxylic acids is 1. The lowest BCUT2D eigenvalue weighted by Crippen LogP contribution is -2.30. The fourth-order valence-electron chi connectivity index (χ4n) is 2.39. The van der Waals surface area contributed by atoms with E-state index in [9.17, 15) is 4.79 Å². The number of likely N-dealkylation sites (tertiary alicyclic amines) is 1. The van der Waals surface area contributed by atoms with Gasteiger partial charge in [0.1, 0.15) is 0 Å². The Labute approximate surface area is 118 Å². The molecule has 18 heavy (non-hydrogen) atoms. The molecule has 3 heterocycles. The van der Waals surface area contributed by atoms with Gasteiger partial charge in [0.25, 0.3) is 5.91 Å². The number of carbonyl (C=O) groups is 1. The van der Waals surface area contributed by atoms with Crippen LogP contribution in [-0.4, -0.2) is 17.4 Å². The van der Waals surface area contributed by atoms with Gasteiger partial charge in [-0.15, -0.1) is 0 Å². The van der Waals surface area contributed by atoms with Crippen LogP contribution in [0.2, 0.25) is 0 Å². The number of hydrogen-bond donors (Lipinski definition) is 0. The predicted molar refractivity (Wildman–Crippen MR) is 73.7 cm³/mol. The van der Waals surface area contributed by atoms with E-state index in [1.54, 1.807) is 23.5 Å². The van der Waals surface area contributed by atoms with Crippen molar-refractivity contribution in [2.45, 2.75) is 18.9 Å². The topological polar surface area (TPSA) is 33.5 Å². The third kappa shape index (κ3) is 2.12. The zero-order valence-electron chi connectivity index (χ0n) is 9.64. The molecule has 1 fully saturated rings. The Balaban J connectivity index is 1.85. The van der Waals surface area contributed by atoms with Crippen LogP contribution in [0.4, 0.5) is 0 Å². The molecular weight excluding hydrogens is 314 g/mol. The fraction of sp³-hybridized carbons (Fsp3) is 0.308. The van der Waals surface area contributed by atoms with Gasteiger partial charge in [0, 0.05) is 6.54 Å². The van der Waals surface area contributed by atoms with E-state index in [2.05, 4.69) is 32.8 Å². The van der Waals surface area contributed by atoms with Crippen LogP contribution in [0.3, 0.4) is 0 Å². The lowest BCUT2D eigenvalue weighted by molar-refractivity contribution is 0.0702. The molecule has 0 aliphatic carbocycles. The van der Waals surface area contributed by atoms with Crippen molar-refractivity contribution in [3.8, 4) is 0 Å². The van der Waals surface area contributed by atoms with Crippen molar-refractivity contribution in [3.05, 3.63) is 45.0 Å². The van der Waals surface area contributed by atoms with Crippen LogP contribution in [0, 0.1) is 0 Å². The molecule has 0 bridgehead atoms. The zero-order chi connectivity index (χ0) is 12.5. The van der Waals surface area contributed by atoms with E-state index in [1.807, 2.05) is 4.90 Å². The average molecular weight is 326 g/mol. The van der Waals surface area contributed by atoms with Gasteiger partial charge in [0.05, 0.1) is 6.04 Å². The molecule has 0 saturated carbocycles. The van der Waals surface area contributed by atoms with Crippen molar-refractivity contribution < 1.29 is 9.21 Å². The highest BCUT2D eigenvalue weighted by Gasteiger charge is 2.32. The molecule has 5 heteroatoms. The van der Waals surface area contributed by atoms with Crippen molar-refractivity contribution in [2.75, 3.05) is 6.54 Å². The summed E-state index contributed by atoms with van der Waals surface area (Å²) in [5, 5.41) is 4.17. The van der Waals surface area contributed by atoms with Gasteiger partial charge < -0.3 is 9.32 Å². The van der Waals surface area contributed by atoms with Gasteiger partial charge in [-0.1, -0.05) is 0 Å². The summed E-state index contributed by atoms with van der Waals surface area (Å²) in [6, 6.07) is 5.77. The summed E-state index contributed by atoms with van der Waals surface area (Å²) < 4.78 is 5.95. The summed E-state index contributed by atoms with van der Waals surface area (Å²) in [6.45, 7) is 0.803. The number of nitrogens with zero attached hydrogens (tertiary/aromatic N) is 1. The van der Waals surface area contributed by atoms with E-state index >= 15 is 0 Å². The first kappa shape index (κ1) is 12.0. The monoisotopic (exact) mass is 325 g/mol. The first-order valence-corrected chi connectivity index (χ1v) is 7.57. The average Bonchev–Trinajstić information content (AvgIpc) is 3.08. The Morgan fingerprint density at radius 3 is 3.00 bits per heavy atom. The molecule has 0 spiro atoms. The molecule has 3 rings (SSSR count). The van der Waals surface area contributed by atoms with Crippen LogP contribution in [-0.2, 0) is 0 Å². The highest BCUT2D eigenvalue weighted by molar-refractivity contribution is 9.10. The number of halogens is 1. The van der Waals surface area contributed by atoms with Gasteiger partial charge in [-0.2, -0.15) is 11.3 Å². The van der Waals surface area contributed by atoms with Crippen molar-refractivity contribution >= 4 is 33.2 Å². The standard InChI is InChI=1S/C13H12BrNO2S/c14-12-4-3-11(17-12)13(16)15-6-1-2-10(15)9-5-7-18-8-9/h3-5,7-8,10H,1-2,6H2. The lowest BCUT2D eigenvalue weighted by atomic mass is 10.1. The van der Waals surface area contributed by atoms with E-state index in [4.69, 9.17) is 4.42 Å². The molecule has 0 aromatic carbocycles. The van der Waals surface area contributed by atoms with E-state index in [-0.39, 0.29) is 11.9 Å². The molecule has 1 aliphatic rings. The Morgan fingerprint density at radius 1 is 1.44 bits per heavy atom. The summed E-state index contributed by atoms with van der Waals surface area (Å²) in [7, 11) is 0. The SMILES string of the molecule is O=C(c1ccc(Br)o1)N1CCCC1c1ccsc1. The molecule has 1 aliphatic heterocycles. The van der Waals surface area contributed by atoms with Gasteiger partial charge in [-0.3, -0.25) is 4.79 Å². The molecular formula is C13H12BrNO2S. The molecule has 94 valence electrons. The second-order valence-corrected chi connectivity index (χ2v) is 5.88. The Kier molecular flexibility index (Phi) is 3.26. The van der Waals surface area contributed by atoms with Gasteiger partial charge in [0.15, 0.2) is 10.4 Å². The van der Waals surface area contributed by atoms with Gasteiger partial charge in [-0.05, 0) is 63.3 Å². The second kappa shape index (κ2) is 4.90. The van der Waals surface area contributed by atoms with Crippen LogP contribution in [0.1, 0.15) is 35.0 Å². The molecule has 0 N–H and O–H groups in total.